The van der Waals surface area contributed by atoms with Crippen molar-refractivity contribution in [3.8, 4) is 0 Å². The van der Waals surface area contributed by atoms with Gasteiger partial charge >= 0.3 is 6.09 Å². The molecule has 0 saturated heterocycles. The molecular formula is C17H20N2O2. The standard InChI is InChI=1S/C17H20N2O2/c18-11-10-15-8-4-5-9-16(15)13-21-17(20)19-12-14-6-2-1-3-7-14/h1-9H,10-13,18H2,(H,19,20). The van der Waals surface area contributed by atoms with Gasteiger partial charge in [-0.15, -0.1) is 0 Å². The first-order valence-electron chi connectivity index (χ1n) is 7.01. The van der Waals surface area contributed by atoms with Crippen molar-refractivity contribution in [3.05, 3.63) is 71.3 Å². The number of amides is 1. The van der Waals surface area contributed by atoms with Gasteiger partial charge in [0.2, 0.25) is 0 Å². The zero-order valence-corrected chi connectivity index (χ0v) is 11.9. The summed E-state index contributed by atoms with van der Waals surface area (Å²) in [7, 11) is 0. The third-order valence-electron chi connectivity index (χ3n) is 3.17. The van der Waals surface area contributed by atoms with Crippen molar-refractivity contribution in [1.29, 1.82) is 0 Å². The van der Waals surface area contributed by atoms with Crippen LogP contribution in [-0.4, -0.2) is 12.6 Å². The first kappa shape index (κ1) is 15.1. The summed E-state index contributed by atoms with van der Waals surface area (Å²) in [6.07, 6.45) is 0.368. The maximum absolute atomic E-state index is 11.7. The van der Waals surface area contributed by atoms with Gasteiger partial charge < -0.3 is 15.8 Å². The fraction of sp³-hybridized carbons (Fsp3) is 0.235. The van der Waals surface area contributed by atoms with Gasteiger partial charge in [-0.25, -0.2) is 4.79 Å². The first-order valence-corrected chi connectivity index (χ1v) is 7.01. The Morgan fingerprint density at radius 2 is 1.67 bits per heavy atom. The van der Waals surface area contributed by atoms with Crippen molar-refractivity contribution in [2.24, 2.45) is 5.73 Å². The van der Waals surface area contributed by atoms with Crippen molar-refractivity contribution >= 4 is 6.09 Å². The van der Waals surface area contributed by atoms with Crippen molar-refractivity contribution in [3.63, 3.8) is 0 Å². The van der Waals surface area contributed by atoms with E-state index < -0.39 is 6.09 Å². The normalized spacial score (nSPS) is 10.1. The van der Waals surface area contributed by atoms with Crippen LogP contribution < -0.4 is 11.1 Å². The van der Waals surface area contributed by atoms with Crippen LogP contribution >= 0.6 is 0 Å². The molecule has 0 fully saturated rings. The molecule has 1 amide bonds. The summed E-state index contributed by atoms with van der Waals surface area (Å²) in [6, 6.07) is 17.6. The van der Waals surface area contributed by atoms with E-state index in [1.807, 2.05) is 54.6 Å². The molecule has 21 heavy (non-hydrogen) atoms. The molecule has 0 radical (unpaired) electrons. The molecule has 0 aliphatic carbocycles. The number of carbonyl (C=O) groups excluding carboxylic acids is 1. The van der Waals surface area contributed by atoms with Crippen molar-refractivity contribution in [2.75, 3.05) is 6.54 Å². The van der Waals surface area contributed by atoms with Crippen molar-refractivity contribution < 1.29 is 9.53 Å². The quantitative estimate of drug-likeness (QED) is 0.857. The third kappa shape index (κ3) is 4.93. The molecule has 2 aromatic carbocycles. The highest BCUT2D eigenvalue weighted by atomic mass is 16.5. The smallest absolute Gasteiger partial charge is 0.407 e. The lowest BCUT2D eigenvalue weighted by Crippen LogP contribution is -2.23. The minimum atomic E-state index is -0.415. The fourth-order valence-corrected chi connectivity index (χ4v) is 2.06. The monoisotopic (exact) mass is 284 g/mol. The number of carbonyl (C=O) groups is 1. The number of ether oxygens (including phenoxy) is 1. The van der Waals surface area contributed by atoms with Crippen LogP contribution in [0.3, 0.4) is 0 Å². The molecule has 0 spiro atoms. The van der Waals surface area contributed by atoms with Crippen molar-refractivity contribution in [2.45, 2.75) is 19.6 Å². The van der Waals surface area contributed by atoms with Crippen LogP contribution in [0.25, 0.3) is 0 Å². The first-order chi connectivity index (χ1) is 10.3. The minimum absolute atomic E-state index is 0.261. The molecule has 2 rings (SSSR count). The zero-order chi connectivity index (χ0) is 14.9. The van der Waals surface area contributed by atoms with E-state index in [9.17, 15) is 4.79 Å². The van der Waals surface area contributed by atoms with Gasteiger partial charge in [-0.3, -0.25) is 0 Å². The van der Waals surface area contributed by atoms with Gasteiger partial charge in [-0.1, -0.05) is 54.6 Å². The third-order valence-corrected chi connectivity index (χ3v) is 3.17. The number of rotatable bonds is 6. The molecule has 0 aliphatic heterocycles. The highest BCUT2D eigenvalue weighted by Crippen LogP contribution is 2.10. The van der Waals surface area contributed by atoms with E-state index in [1.165, 1.54) is 0 Å². The van der Waals surface area contributed by atoms with Gasteiger partial charge in [-0.05, 0) is 29.7 Å². The van der Waals surface area contributed by atoms with Gasteiger partial charge in [0.15, 0.2) is 0 Å². The predicted octanol–water partition coefficient (Wildman–Crippen LogP) is 2.61. The highest BCUT2D eigenvalue weighted by molar-refractivity contribution is 5.67. The fourth-order valence-electron chi connectivity index (χ4n) is 2.06. The SMILES string of the molecule is NCCc1ccccc1COC(=O)NCc1ccccc1. The summed E-state index contributed by atoms with van der Waals surface area (Å²) >= 11 is 0. The average molecular weight is 284 g/mol. The molecule has 0 aromatic heterocycles. The largest absolute Gasteiger partial charge is 0.445 e. The van der Waals surface area contributed by atoms with Crippen LogP contribution in [0.1, 0.15) is 16.7 Å². The van der Waals surface area contributed by atoms with Crippen LogP contribution in [0.5, 0.6) is 0 Å². The zero-order valence-electron chi connectivity index (χ0n) is 11.9. The van der Waals surface area contributed by atoms with Gasteiger partial charge in [0, 0.05) is 6.54 Å². The molecule has 2 aromatic rings. The van der Waals surface area contributed by atoms with E-state index in [0.717, 1.165) is 23.1 Å². The van der Waals surface area contributed by atoms with E-state index in [4.69, 9.17) is 10.5 Å². The molecule has 0 saturated carbocycles. The Balaban J connectivity index is 1.81. The summed E-state index contributed by atoms with van der Waals surface area (Å²) in [4.78, 5) is 11.7. The lowest BCUT2D eigenvalue weighted by atomic mass is 10.1. The van der Waals surface area contributed by atoms with Gasteiger partial charge in [0.25, 0.3) is 0 Å². The number of hydrogen-bond donors (Lipinski definition) is 2. The Hall–Kier alpha value is -2.33. The van der Waals surface area contributed by atoms with Gasteiger partial charge in [-0.2, -0.15) is 0 Å². The van der Waals surface area contributed by atoms with Crippen LogP contribution in [0.4, 0.5) is 4.79 Å². The molecule has 0 aliphatic rings. The molecule has 3 N–H and O–H groups in total. The Kier molecular flexibility index (Phi) is 5.79. The maximum Gasteiger partial charge on any atom is 0.407 e. The molecule has 0 heterocycles. The molecular weight excluding hydrogens is 264 g/mol. The topological polar surface area (TPSA) is 64.3 Å². The molecule has 4 nitrogen and oxygen atoms in total. The molecule has 110 valence electrons. The van der Waals surface area contributed by atoms with E-state index in [0.29, 0.717) is 13.1 Å². The van der Waals surface area contributed by atoms with Gasteiger partial charge in [0.05, 0.1) is 0 Å². The number of alkyl carbamates (subject to hydrolysis) is 1. The Labute approximate surface area is 124 Å². The molecule has 0 unspecified atom stereocenters. The highest BCUT2D eigenvalue weighted by Gasteiger charge is 2.05. The average Bonchev–Trinajstić information content (AvgIpc) is 2.53. The molecule has 0 bridgehead atoms. The summed E-state index contributed by atoms with van der Waals surface area (Å²) in [6.45, 7) is 1.30. The summed E-state index contributed by atoms with van der Waals surface area (Å²) in [5.41, 5.74) is 8.74. The van der Waals surface area contributed by atoms with Crippen LogP contribution in [-0.2, 0) is 24.3 Å². The second kappa shape index (κ2) is 8.07. The number of nitrogens with one attached hydrogen (secondary N) is 1. The van der Waals surface area contributed by atoms with Gasteiger partial charge in [0.1, 0.15) is 6.61 Å². The molecule has 0 atom stereocenters. The maximum atomic E-state index is 11.7. The summed E-state index contributed by atoms with van der Waals surface area (Å²) in [5, 5.41) is 2.73. The number of hydrogen-bond acceptors (Lipinski definition) is 3. The van der Waals surface area contributed by atoms with Crippen molar-refractivity contribution in [1.82, 2.24) is 5.32 Å². The second-order valence-corrected chi connectivity index (χ2v) is 4.72. The Morgan fingerprint density at radius 3 is 2.38 bits per heavy atom. The van der Waals surface area contributed by atoms with Crippen LogP contribution in [0.15, 0.2) is 54.6 Å². The Morgan fingerprint density at radius 1 is 1.00 bits per heavy atom. The number of nitrogens with two attached hydrogens (primary N) is 1. The summed E-state index contributed by atoms with van der Waals surface area (Å²) in [5.74, 6) is 0. The van der Waals surface area contributed by atoms with E-state index >= 15 is 0 Å². The summed E-state index contributed by atoms with van der Waals surface area (Å²) < 4.78 is 5.25. The van der Waals surface area contributed by atoms with E-state index in [1.54, 1.807) is 0 Å². The number of benzene rings is 2. The minimum Gasteiger partial charge on any atom is -0.445 e. The van der Waals surface area contributed by atoms with Crippen LogP contribution in [0.2, 0.25) is 0 Å². The lowest BCUT2D eigenvalue weighted by molar-refractivity contribution is 0.139. The lowest BCUT2D eigenvalue weighted by Gasteiger charge is -2.10. The molecule has 4 heteroatoms. The predicted molar refractivity (Wildman–Crippen MR) is 82.7 cm³/mol. The van der Waals surface area contributed by atoms with E-state index in [2.05, 4.69) is 5.32 Å². The second-order valence-electron chi connectivity index (χ2n) is 4.72. The van der Waals surface area contributed by atoms with Crippen LogP contribution in [0, 0.1) is 0 Å². The van der Waals surface area contributed by atoms with E-state index in [-0.39, 0.29) is 6.61 Å². The Bertz CT molecular complexity index is 570.